The molecule has 0 aliphatic carbocycles. The summed E-state index contributed by atoms with van der Waals surface area (Å²) >= 11 is 5.93. The largest absolute Gasteiger partial charge is 0.345 e. The molecule has 24 heavy (non-hydrogen) atoms. The highest BCUT2D eigenvalue weighted by molar-refractivity contribution is 6.30. The predicted octanol–water partition coefficient (Wildman–Crippen LogP) is 3.41. The Bertz CT molecular complexity index is 732. The van der Waals surface area contributed by atoms with Crippen molar-refractivity contribution in [3.63, 3.8) is 0 Å². The molecule has 126 valence electrons. The van der Waals surface area contributed by atoms with E-state index in [1.807, 2.05) is 24.3 Å². The van der Waals surface area contributed by atoms with Crippen LogP contribution >= 0.6 is 11.6 Å². The van der Waals surface area contributed by atoms with Crippen LogP contribution < -0.4 is 10.6 Å². The summed E-state index contributed by atoms with van der Waals surface area (Å²) in [6.07, 6.45) is 0.688. The van der Waals surface area contributed by atoms with Crippen LogP contribution in [0.3, 0.4) is 0 Å². The zero-order valence-electron chi connectivity index (χ0n) is 13.7. The van der Waals surface area contributed by atoms with Crippen molar-refractivity contribution in [2.45, 2.75) is 6.42 Å². The molecule has 5 nitrogen and oxygen atoms in total. The van der Waals surface area contributed by atoms with E-state index in [0.29, 0.717) is 29.2 Å². The fourth-order valence-corrected chi connectivity index (χ4v) is 2.39. The van der Waals surface area contributed by atoms with Crippen molar-refractivity contribution in [2.75, 3.05) is 26.0 Å². The number of nitrogens with zero attached hydrogens (tertiary/aromatic N) is 1. The molecule has 2 aromatic carbocycles. The molecule has 0 atom stereocenters. The van der Waals surface area contributed by atoms with Crippen molar-refractivity contribution in [2.24, 2.45) is 0 Å². The van der Waals surface area contributed by atoms with E-state index in [1.54, 1.807) is 38.4 Å². The third-order valence-corrected chi connectivity index (χ3v) is 3.60. The molecule has 0 unspecified atom stereocenters. The van der Waals surface area contributed by atoms with E-state index in [0.717, 1.165) is 5.56 Å². The number of nitrogens with one attached hydrogen (secondary N) is 2. The Hall–Kier alpha value is -2.53. The average molecular weight is 346 g/mol. The van der Waals surface area contributed by atoms with Crippen LogP contribution in [-0.2, 0) is 6.42 Å². The Morgan fingerprint density at radius 1 is 1.08 bits per heavy atom. The number of amides is 3. The molecule has 0 aliphatic rings. The molecule has 2 aromatic rings. The lowest BCUT2D eigenvalue weighted by Gasteiger charge is -2.12. The van der Waals surface area contributed by atoms with Gasteiger partial charge in [-0.1, -0.05) is 29.8 Å². The Morgan fingerprint density at radius 2 is 1.83 bits per heavy atom. The quantitative estimate of drug-likeness (QED) is 0.872. The molecule has 0 bridgehead atoms. The van der Waals surface area contributed by atoms with Crippen LogP contribution in [0.1, 0.15) is 15.9 Å². The zero-order valence-corrected chi connectivity index (χ0v) is 14.4. The molecule has 2 N–H and O–H groups in total. The van der Waals surface area contributed by atoms with Crippen LogP contribution in [0, 0.1) is 0 Å². The normalized spacial score (nSPS) is 10.1. The number of carbonyl (C=O) groups excluding carboxylic acids is 2. The van der Waals surface area contributed by atoms with E-state index >= 15 is 0 Å². The minimum atomic E-state index is -0.313. The highest BCUT2D eigenvalue weighted by Crippen LogP contribution is 2.12. The molecule has 0 saturated heterocycles. The van der Waals surface area contributed by atoms with Gasteiger partial charge >= 0.3 is 6.03 Å². The summed E-state index contributed by atoms with van der Waals surface area (Å²) in [5.74, 6) is -0.111. The highest BCUT2D eigenvalue weighted by Gasteiger charge is 2.09. The topological polar surface area (TPSA) is 61.4 Å². The number of halogens is 1. The lowest BCUT2D eigenvalue weighted by Crippen LogP contribution is -2.30. The Labute approximate surface area is 146 Å². The summed E-state index contributed by atoms with van der Waals surface area (Å²) in [7, 11) is 3.37. The summed E-state index contributed by atoms with van der Waals surface area (Å²) in [5.41, 5.74) is 2.15. The summed E-state index contributed by atoms with van der Waals surface area (Å²) in [6.45, 7) is 0.489. The minimum Gasteiger partial charge on any atom is -0.345 e. The van der Waals surface area contributed by atoms with Gasteiger partial charge in [0.05, 0.1) is 0 Å². The van der Waals surface area contributed by atoms with Gasteiger partial charge in [-0.3, -0.25) is 4.79 Å². The molecule has 0 aromatic heterocycles. The smallest absolute Gasteiger partial charge is 0.319 e. The predicted molar refractivity (Wildman–Crippen MR) is 96.6 cm³/mol. The molecular weight excluding hydrogens is 326 g/mol. The maximum absolute atomic E-state index is 11.9. The molecule has 0 radical (unpaired) electrons. The van der Waals surface area contributed by atoms with Crippen molar-refractivity contribution < 1.29 is 9.59 Å². The monoisotopic (exact) mass is 345 g/mol. The summed E-state index contributed by atoms with van der Waals surface area (Å²) < 4.78 is 0. The SMILES string of the molecule is CN(C)C(=O)c1cccc(NC(=O)NCCc2cccc(Cl)c2)c1. The highest BCUT2D eigenvalue weighted by atomic mass is 35.5. The molecule has 0 aliphatic heterocycles. The number of anilines is 1. The maximum atomic E-state index is 11.9. The number of rotatable bonds is 5. The second-order valence-electron chi connectivity index (χ2n) is 5.54. The third-order valence-electron chi connectivity index (χ3n) is 3.36. The van der Waals surface area contributed by atoms with Crippen LogP contribution in [0.15, 0.2) is 48.5 Å². The zero-order chi connectivity index (χ0) is 17.5. The lowest BCUT2D eigenvalue weighted by atomic mass is 10.1. The Balaban J connectivity index is 1.86. The van der Waals surface area contributed by atoms with Crippen molar-refractivity contribution in [3.8, 4) is 0 Å². The molecule has 3 amide bonds. The fraction of sp³-hybridized carbons (Fsp3) is 0.222. The van der Waals surface area contributed by atoms with Gasteiger partial charge in [0.25, 0.3) is 5.91 Å². The van der Waals surface area contributed by atoms with Crippen LogP contribution in [0.2, 0.25) is 5.02 Å². The van der Waals surface area contributed by atoms with Gasteiger partial charge in [0.2, 0.25) is 0 Å². The lowest BCUT2D eigenvalue weighted by molar-refractivity contribution is 0.0827. The number of hydrogen-bond acceptors (Lipinski definition) is 2. The van der Waals surface area contributed by atoms with Crippen molar-refractivity contribution in [1.29, 1.82) is 0 Å². The molecule has 0 heterocycles. The Kier molecular flexibility index (Phi) is 6.21. The van der Waals surface area contributed by atoms with E-state index in [9.17, 15) is 9.59 Å². The van der Waals surface area contributed by atoms with Gasteiger partial charge in [0.1, 0.15) is 0 Å². The van der Waals surface area contributed by atoms with Gasteiger partial charge in [-0.15, -0.1) is 0 Å². The first-order valence-electron chi connectivity index (χ1n) is 7.57. The van der Waals surface area contributed by atoms with E-state index in [-0.39, 0.29) is 11.9 Å². The molecule has 6 heteroatoms. The summed E-state index contributed by atoms with van der Waals surface area (Å²) in [5, 5.41) is 6.19. The molecule has 0 fully saturated rings. The van der Waals surface area contributed by atoms with E-state index in [2.05, 4.69) is 10.6 Å². The van der Waals surface area contributed by atoms with Crippen molar-refractivity contribution in [1.82, 2.24) is 10.2 Å². The van der Waals surface area contributed by atoms with Gasteiger partial charge in [0.15, 0.2) is 0 Å². The van der Waals surface area contributed by atoms with E-state index in [1.165, 1.54) is 4.90 Å². The van der Waals surface area contributed by atoms with Gasteiger partial charge in [-0.05, 0) is 42.3 Å². The van der Waals surface area contributed by atoms with Crippen LogP contribution in [0.4, 0.5) is 10.5 Å². The number of carbonyl (C=O) groups is 2. The first-order chi connectivity index (χ1) is 11.5. The molecular formula is C18H20ClN3O2. The summed E-state index contributed by atoms with van der Waals surface area (Å²) in [6, 6.07) is 14.0. The molecule has 2 rings (SSSR count). The maximum Gasteiger partial charge on any atom is 0.319 e. The second kappa shape index (κ2) is 8.36. The first kappa shape index (κ1) is 17.8. The third kappa shape index (κ3) is 5.28. The fourth-order valence-electron chi connectivity index (χ4n) is 2.18. The van der Waals surface area contributed by atoms with Crippen molar-refractivity contribution in [3.05, 3.63) is 64.7 Å². The first-order valence-corrected chi connectivity index (χ1v) is 7.94. The van der Waals surface area contributed by atoms with Crippen LogP contribution in [-0.4, -0.2) is 37.5 Å². The van der Waals surface area contributed by atoms with Crippen molar-refractivity contribution >= 4 is 29.2 Å². The standard InChI is InChI=1S/C18H20ClN3O2/c1-22(2)17(23)14-6-4-8-16(12-14)21-18(24)20-10-9-13-5-3-7-15(19)11-13/h3-8,11-12H,9-10H2,1-2H3,(H2,20,21,24). The van der Waals surface area contributed by atoms with Gasteiger partial charge in [-0.2, -0.15) is 0 Å². The van der Waals surface area contributed by atoms with Gasteiger partial charge in [0, 0.05) is 36.9 Å². The van der Waals surface area contributed by atoms with E-state index in [4.69, 9.17) is 11.6 Å². The average Bonchev–Trinajstić information content (AvgIpc) is 2.54. The number of hydrogen-bond donors (Lipinski definition) is 2. The van der Waals surface area contributed by atoms with Crippen LogP contribution in [0.5, 0.6) is 0 Å². The number of urea groups is 1. The van der Waals surface area contributed by atoms with Gasteiger partial charge < -0.3 is 15.5 Å². The minimum absolute atomic E-state index is 0.111. The van der Waals surface area contributed by atoms with Crippen LogP contribution in [0.25, 0.3) is 0 Å². The molecule has 0 spiro atoms. The second-order valence-corrected chi connectivity index (χ2v) is 5.98. The number of benzene rings is 2. The van der Waals surface area contributed by atoms with Gasteiger partial charge in [-0.25, -0.2) is 4.79 Å². The van der Waals surface area contributed by atoms with E-state index < -0.39 is 0 Å². The summed E-state index contributed by atoms with van der Waals surface area (Å²) in [4.78, 5) is 25.4. The molecule has 0 saturated carbocycles. The Morgan fingerprint density at radius 3 is 2.54 bits per heavy atom.